The Kier molecular flexibility index (Phi) is 5.59. The van der Waals surface area contributed by atoms with Gasteiger partial charge in [0.1, 0.15) is 12.1 Å². The van der Waals surface area contributed by atoms with Gasteiger partial charge in [-0.25, -0.2) is 9.48 Å². The second kappa shape index (κ2) is 7.97. The standard InChI is InChI=1S/C20H23N5O5/c1-12-17(13(2)25(23-12)14-8-6-5-7-9-14)21-15(26)11-30-16(27)10-24-18(28)20(3,4)22-19(24)29/h5-9H,10-11H2,1-4H3,(H,21,26)(H,22,29). The van der Waals surface area contributed by atoms with E-state index in [9.17, 15) is 19.2 Å². The molecule has 0 aliphatic carbocycles. The van der Waals surface area contributed by atoms with Gasteiger partial charge in [-0.15, -0.1) is 0 Å². The van der Waals surface area contributed by atoms with Gasteiger partial charge in [0.05, 0.1) is 22.8 Å². The fraction of sp³-hybridized carbons (Fsp3) is 0.350. The number of nitrogens with one attached hydrogen (secondary N) is 2. The molecule has 3 rings (SSSR count). The first-order valence-corrected chi connectivity index (χ1v) is 9.31. The number of carbonyl (C=O) groups excluding carboxylic acids is 4. The smallest absolute Gasteiger partial charge is 0.326 e. The Labute approximate surface area is 173 Å². The minimum Gasteiger partial charge on any atom is -0.454 e. The summed E-state index contributed by atoms with van der Waals surface area (Å²) in [6.07, 6.45) is 0. The summed E-state index contributed by atoms with van der Waals surface area (Å²) in [5.74, 6) is -1.95. The number of urea groups is 1. The van der Waals surface area contributed by atoms with Gasteiger partial charge in [-0.3, -0.25) is 19.3 Å². The normalized spacial score (nSPS) is 15.1. The summed E-state index contributed by atoms with van der Waals surface area (Å²) in [5.41, 5.74) is 1.62. The molecular weight excluding hydrogens is 390 g/mol. The van der Waals surface area contributed by atoms with Gasteiger partial charge in [0.25, 0.3) is 11.8 Å². The summed E-state index contributed by atoms with van der Waals surface area (Å²) in [4.78, 5) is 48.9. The van der Waals surface area contributed by atoms with Gasteiger partial charge in [-0.2, -0.15) is 5.10 Å². The molecule has 10 nitrogen and oxygen atoms in total. The molecule has 0 saturated carbocycles. The quantitative estimate of drug-likeness (QED) is 0.544. The number of para-hydroxylation sites is 1. The molecule has 1 fully saturated rings. The molecule has 0 bridgehead atoms. The van der Waals surface area contributed by atoms with E-state index in [2.05, 4.69) is 15.7 Å². The summed E-state index contributed by atoms with van der Waals surface area (Å²) in [6, 6.07) is 8.78. The zero-order valence-electron chi connectivity index (χ0n) is 17.2. The van der Waals surface area contributed by atoms with Crippen molar-refractivity contribution in [3.63, 3.8) is 0 Å². The maximum absolute atomic E-state index is 12.3. The van der Waals surface area contributed by atoms with Crippen LogP contribution in [0.2, 0.25) is 0 Å². The van der Waals surface area contributed by atoms with E-state index >= 15 is 0 Å². The lowest BCUT2D eigenvalue weighted by atomic mass is 10.1. The van der Waals surface area contributed by atoms with Crippen LogP contribution >= 0.6 is 0 Å². The monoisotopic (exact) mass is 413 g/mol. The fourth-order valence-corrected chi connectivity index (χ4v) is 3.10. The number of hydrogen-bond donors (Lipinski definition) is 2. The third kappa shape index (κ3) is 4.17. The molecule has 30 heavy (non-hydrogen) atoms. The van der Waals surface area contributed by atoms with Crippen LogP contribution in [0.3, 0.4) is 0 Å². The van der Waals surface area contributed by atoms with E-state index in [0.717, 1.165) is 16.3 Å². The van der Waals surface area contributed by atoms with Crippen LogP contribution < -0.4 is 10.6 Å². The van der Waals surface area contributed by atoms with Gasteiger partial charge >= 0.3 is 12.0 Å². The summed E-state index contributed by atoms with van der Waals surface area (Å²) < 4.78 is 6.63. The second-order valence-corrected chi connectivity index (χ2v) is 7.45. The van der Waals surface area contributed by atoms with E-state index < -0.39 is 42.5 Å². The maximum Gasteiger partial charge on any atom is 0.326 e. The van der Waals surface area contributed by atoms with Crippen LogP contribution in [0.4, 0.5) is 10.5 Å². The van der Waals surface area contributed by atoms with Crippen molar-refractivity contribution in [1.29, 1.82) is 0 Å². The maximum atomic E-state index is 12.3. The number of amides is 4. The van der Waals surface area contributed by atoms with Crippen molar-refractivity contribution in [2.24, 2.45) is 0 Å². The number of anilines is 1. The Morgan fingerprint density at radius 1 is 1.17 bits per heavy atom. The lowest BCUT2D eigenvalue weighted by molar-refractivity contribution is -0.150. The molecule has 1 aromatic heterocycles. The molecule has 0 radical (unpaired) electrons. The van der Waals surface area contributed by atoms with Crippen LogP contribution in [0.15, 0.2) is 30.3 Å². The average molecular weight is 413 g/mol. The Morgan fingerprint density at radius 2 is 1.83 bits per heavy atom. The first-order valence-electron chi connectivity index (χ1n) is 9.31. The molecule has 2 aromatic rings. The van der Waals surface area contributed by atoms with E-state index in [-0.39, 0.29) is 0 Å². The number of nitrogens with zero attached hydrogens (tertiary/aromatic N) is 3. The van der Waals surface area contributed by atoms with Crippen LogP contribution in [-0.2, 0) is 19.1 Å². The highest BCUT2D eigenvalue weighted by atomic mass is 16.5. The Bertz CT molecular complexity index is 1010. The molecule has 0 atom stereocenters. The number of rotatable bonds is 6. The average Bonchev–Trinajstić information content (AvgIpc) is 3.08. The zero-order valence-corrected chi connectivity index (χ0v) is 17.2. The van der Waals surface area contributed by atoms with Gasteiger partial charge in [-0.05, 0) is 39.8 Å². The van der Waals surface area contributed by atoms with E-state index in [1.54, 1.807) is 11.6 Å². The van der Waals surface area contributed by atoms with Crippen molar-refractivity contribution in [2.45, 2.75) is 33.2 Å². The van der Waals surface area contributed by atoms with Crippen molar-refractivity contribution < 1.29 is 23.9 Å². The topological polar surface area (TPSA) is 123 Å². The van der Waals surface area contributed by atoms with Gasteiger partial charge < -0.3 is 15.4 Å². The molecule has 0 unspecified atom stereocenters. The van der Waals surface area contributed by atoms with Gasteiger partial charge in [0, 0.05) is 0 Å². The van der Waals surface area contributed by atoms with Crippen LogP contribution in [0.25, 0.3) is 5.69 Å². The number of benzene rings is 1. The lowest BCUT2D eigenvalue weighted by Gasteiger charge is -2.15. The molecular formula is C20H23N5O5. The molecule has 0 spiro atoms. The first-order chi connectivity index (χ1) is 14.1. The highest BCUT2D eigenvalue weighted by molar-refractivity contribution is 6.08. The molecule has 1 aromatic carbocycles. The Hall–Kier alpha value is -3.69. The highest BCUT2D eigenvalue weighted by Crippen LogP contribution is 2.22. The number of carbonyl (C=O) groups is 4. The molecule has 1 aliphatic rings. The van der Waals surface area contributed by atoms with Crippen LogP contribution in [0.1, 0.15) is 25.2 Å². The number of imide groups is 1. The van der Waals surface area contributed by atoms with Crippen LogP contribution in [0.5, 0.6) is 0 Å². The predicted molar refractivity (Wildman–Crippen MR) is 107 cm³/mol. The number of hydrogen-bond acceptors (Lipinski definition) is 6. The predicted octanol–water partition coefficient (Wildman–Crippen LogP) is 1.30. The minimum atomic E-state index is -1.08. The SMILES string of the molecule is Cc1nn(-c2ccccc2)c(C)c1NC(=O)COC(=O)CN1C(=O)NC(C)(C)C1=O. The zero-order chi connectivity index (χ0) is 22.1. The Morgan fingerprint density at radius 3 is 2.43 bits per heavy atom. The molecule has 4 amide bonds. The van der Waals surface area contributed by atoms with Gasteiger partial charge in [0.2, 0.25) is 0 Å². The van der Waals surface area contributed by atoms with Crippen molar-refractivity contribution >= 4 is 29.5 Å². The van der Waals surface area contributed by atoms with Gasteiger partial charge in [0.15, 0.2) is 6.61 Å². The number of ether oxygens (including phenoxy) is 1. The number of aryl methyl sites for hydroxylation is 1. The number of aromatic nitrogens is 2. The minimum absolute atomic E-state index is 0.524. The summed E-state index contributed by atoms with van der Waals surface area (Å²) in [5, 5.41) is 9.59. The van der Waals surface area contributed by atoms with Crippen molar-refractivity contribution in [1.82, 2.24) is 20.0 Å². The molecule has 10 heteroatoms. The summed E-state index contributed by atoms with van der Waals surface area (Å²) in [7, 11) is 0. The second-order valence-electron chi connectivity index (χ2n) is 7.45. The molecule has 158 valence electrons. The summed E-state index contributed by atoms with van der Waals surface area (Å²) in [6.45, 7) is 5.52. The molecule has 2 N–H and O–H groups in total. The third-order valence-electron chi connectivity index (χ3n) is 4.65. The highest BCUT2D eigenvalue weighted by Gasteiger charge is 2.45. The van der Waals surface area contributed by atoms with Crippen molar-refractivity contribution in [3.8, 4) is 5.69 Å². The van der Waals surface area contributed by atoms with Gasteiger partial charge in [-0.1, -0.05) is 18.2 Å². The van der Waals surface area contributed by atoms with E-state index in [1.165, 1.54) is 13.8 Å². The fourth-order valence-electron chi connectivity index (χ4n) is 3.10. The molecule has 1 saturated heterocycles. The molecule has 2 heterocycles. The molecule has 1 aliphatic heterocycles. The van der Waals surface area contributed by atoms with E-state index in [1.807, 2.05) is 37.3 Å². The lowest BCUT2D eigenvalue weighted by Crippen LogP contribution is -2.41. The Balaban J connectivity index is 1.58. The first kappa shape index (κ1) is 21.0. The third-order valence-corrected chi connectivity index (χ3v) is 4.65. The number of esters is 1. The largest absolute Gasteiger partial charge is 0.454 e. The van der Waals surface area contributed by atoms with Crippen LogP contribution in [-0.4, -0.2) is 57.2 Å². The van der Waals surface area contributed by atoms with E-state index in [4.69, 9.17) is 4.74 Å². The van der Waals surface area contributed by atoms with Crippen molar-refractivity contribution in [2.75, 3.05) is 18.5 Å². The summed E-state index contributed by atoms with van der Waals surface area (Å²) >= 11 is 0. The van der Waals surface area contributed by atoms with Crippen LogP contribution in [0, 0.1) is 13.8 Å². The van der Waals surface area contributed by atoms with E-state index in [0.29, 0.717) is 11.4 Å². The van der Waals surface area contributed by atoms with Crippen molar-refractivity contribution in [3.05, 3.63) is 41.7 Å².